The minimum absolute atomic E-state index is 0.0591. The number of hydrogen-bond donors (Lipinski definition) is 2. The van der Waals surface area contributed by atoms with Crippen molar-refractivity contribution < 1.29 is 12.8 Å². The highest BCUT2D eigenvalue weighted by molar-refractivity contribution is 7.89. The van der Waals surface area contributed by atoms with Crippen LogP contribution in [0.3, 0.4) is 0 Å². The molecule has 2 rings (SSSR count). The molecular weight excluding hydrogens is 291 g/mol. The quantitative estimate of drug-likeness (QED) is 0.841. The molecule has 0 radical (unpaired) electrons. The van der Waals surface area contributed by atoms with Crippen molar-refractivity contribution in [1.29, 1.82) is 0 Å². The zero-order valence-electron chi connectivity index (χ0n) is 12.4. The number of halogens is 1. The summed E-state index contributed by atoms with van der Waals surface area (Å²) in [5.74, 6) is -0.129. The van der Waals surface area contributed by atoms with E-state index in [1.807, 2.05) is 6.92 Å². The molecule has 1 aliphatic rings. The second-order valence-electron chi connectivity index (χ2n) is 5.64. The van der Waals surface area contributed by atoms with Crippen molar-refractivity contribution in [2.24, 2.45) is 0 Å². The molecule has 118 valence electrons. The van der Waals surface area contributed by atoms with Crippen LogP contribution in [0.25, 0.3) is 0 Å². The number of rotatable bonds is 6. The first-order chi connectivity index (χ1) is 9.96. The molecule has 21 heavy (non-hydrogen) atoms. The molecule has 0 aliphatic carbocycles. The Labute approximate surface area is 126 Å². The fourth-order valence-electron chi connectivity index (χ4n) is 2.67. The van der Waals surface area contributed by atoms with E-state index in [9.17, 15) is 12.8 Å². The van der Waals surface area contributed by atoms with Crippen LogP contribution < -0.4 is 10.0 Å². The fourth-order valence-corrected chi connectivity index (χ4v) is 4.02. The third-order valence-corrected chi connectivity index (χ3v) is 5.34. The van der Waals surface area contributed by atoms with Crippen molar-refractivity contribution in [3.8, 4) is 0 Å². The van der Waals surface area contributed by atoms with Crippen LogP contribution >= 0.6 is 0 Å². The van der Waals surface area contributed by atoms with Crippen LogP contribution in [-0.2, 0) is 16.4 Å². The molecule has 1 aromatic carbocycles. The topological polar surface area (TPSA) is 58.2 Å². The van der Waals surface area contributed by atoms with E-state index >= 15 is 0 Å². The van der Waals surface area contributed by atoms with Gasteiger partial charge in [0.1, 0.15) is 5.82 Å². The van der Waals surface area contributed by atoms with Crippen LogP contribution in [0.2, 0.25) is 0 Å². The van der Waals surface area contributed by atoms with Gasteiger partial charge in [-0.15, -0.1) is 0 Å². The maximum atomic E-state index is 13.0. The summed E-state index contributed by atoms with van der Waals surface area (Å²) in [6, 6.07) is 4.64. The maximum Gasteiger partial charge on any atom is 0.213 e. The van der Waals surface area contributed by atoms with E-state index < -0.39 is 10.0 Å². The Morgan fingerprint density at radius 1 is 1.38 bits per heavy atom. The molecule has 1 aromatic rings. The molecule has 1 saturated heterocycles. The van der Waals surface area contributed by atoms with E-state index in [4.69, 9.17) is 0 Å². The highest BCUT2D eigenvalue weighted by Crippen LogP contribution is 2.11. The van der Waals surface area contributed by atoms with E-state index in [2.05, 4.69) is 10.0 Å². The first-order valence-corrected chi connectivity index (χ1v) is 9.07. The van der Waals surface area contributed by atoms with E-state index in [0.717, 1.165) is 36.9 Å². The predicted octanol–water partition coefficient (Wildman–Crippen LogP) is 1.74. The van der Waals surface area contributed by atoms with Crippen LogP contribution in [-0.4, -0.2) is 33.3 Å². The number of sulfonamides is 1. The number of aryl methyl sites for hydroxylation is 1. The Bertz CT molecular complexity index is 569. The Morgan fingerprint density at radius 2 is 2.19 bits per heavy atom. The second kappa shape index (κ2) is 7.33. The minimum Gasteiger partial charge on any atom is -0.313 e. The summed E-state index contributed by atoms with van der Waals surface area (Å²) in [4.78, 5) is 0. The van der Waals surface area contributed by atoms with Crippen molar-refractivity contribution >= 4 is 10.0 Å². The fraction of sp³-hybridized carbons (Fsp3) is 0.600. The molecule has 1 aliphatic heterocycles. The molecule has 0 aromatic heterocycles. The standard InChI is InChI=1S/C15H23FN2O2S/c1-12-10-14(16)6-5-13(12)7-9-18-21(19,20)11-15-4-2-3-8-17-15/h5-6,10,15,17-18H,2-4,7-9,11H2,1H3. The Hall–Kier alpha value is -0.980. The van der Waals surface area contributed by atoms with Gasteiger partial charge in [0.15, 0.2) is 0 Å². The molecule has 6 heteroatoms. The van der Waals surface area contributed by atoms with Gasteiger partial charge < -0.3 is 5.32 Å². The van der Waals surface area contributed by atoms with Crippen LogP contribution in [0.15, 0.2) is 18.2 Å². The lowest BCUT2D eigenvalue weighted by molar-refractivity contribution is 0.422. The molecule has 4 nitrogen and oxygen atoms in total. The predicted molar refractivity (Wildman–Crippen MR) is 82.3 cm³/mol. The lowest BCUT2D eigenvalue weighted by Gasteiger charge is -2.23. The van der Waals surface area contributed by atoms with Crippen molar-refractivity contribution in [2.75, 3.05) is 18.8 Å². The number of benzene rings is 1. The lowest BCUT2D eigenvalue weighted by atomic mass is 10.1. The largest absolute Gasteiger partial charge is 0.313 e. The van der Waals surface area contributed by atoms with Crippen molar-refractivity contribution in [3.05, 3.63) is 35.1 Å². The third-order valence-electron chi connectivity index (χ3n) is 3.85. The van der Waals surface area contributed by atoms with Crippen LogP contribution in [0.4, 0.5) is 4.39 Å². The summed E-state index contributed by atoms with van der Waals surface area (Å²) in [7, 11) is -3.26. The normalized spacial score (nSPS) is 19.6. The zero-order valence-corrected chi connectivity index (χ0v) is 13.2. The molecule has 2 N–H and O–H groups in total. The van der Waals surface area contributed by atoms with Gasteiger partial charge in [-0.25, -0.2) is 17.5 Å². The van der Waals surface area contributed by atoms with Crippen LogP contribution in [0.5, 0.6) is 0 Å². The molecule has 1 heterocycles. The second-order valence-corrected chi connectivity index (χ2v) is 7.49. The van der Waals surface area contributed by atoms with E-state index in [-0.39, 0.29) is 17.6 Å². The Balaban J connectivity index is 1.81. The smallest absolute Gasteiger partial charge is 0.213 e. The Morgan fingerprint density at radius 3 is 2.86 bits per heavy atom. The third kappa shape index (κ3) is 5.37. The molecule has 0 bridgehead atoms. The molecule has 1 fully saturated rings. The van der Waals surface area contributed by atoms with Gasteiger partial charge in [0, 0.05) is 12.6 Å². The van der Waals surface area contributed by atoms with Gasteiger partial charge in [0.2, 0.25) is 10.0 Å². The number of nitrogens with one attached hydrogen (secondary N) is 2. The van der Waals surface area contributed by atoms with E-state index in [0.29, 0.717) is 13.0 Å². The zero-order chi connectivity index (χ0) is 15.3. The van der Waals surface area contributed by atoms with Crippen molar-refractivity contribution in [2.45, 2.75) is 38.6 Å². The van der Waals surface area contributed by atoms with Gasteiger partial charge >= 0.3 is 0 Å². The number of piperidine rings is 1. The SMILES string of the molecule is Cc1cc(F)ccc1CCNS(=O)(=O)CC1CCCCN1. The summed E-state index contributed by atoms with van der Waals surface area (Å²) in [6.45, 7) is 3.08. The molecule has 0 saturated carbocycles. The average Bonchev–Trinajstić information content (AvgIpc) is 2.42. The summed E-state index contributed by atoms with van der Waals surface area (Å²) < 4.78 is 39.7. The lowest BCUT2D eigenvalue weighted by Crippen LogP contribution is -2.43. The minimum atomic E-state index is -3.26. The van der Waals surface area contributed by atoms with E-state index in [1.54, 1.807) is 6.07 Å². The average molecular weight is 314 g/mol. The van der Waals surface area contributed by atoms with Crippen molar-refractivity contribution in [1.82, 2.24) is 10.0 Å². The first kappa shape index (κ1) is 16.4. The van der Waals surface area contributed by atoms with Gasteiger partial charge in [-0.1, -0.05) is 12.5 Å². The van der Waals surface area contributed by atoms with Gasteiger partial charge in [-0.2, -0.15) is 0 Å². The first-order valence-electron chi connectivity index (χ1n) is 7.42. The van der Waals surface area contributed by atoms with Gasteiger partial charge in [0.25, 0.3) is 0 Å². The molecule has 1 unspecified atom stereocenters. The Kier molecular flexibility index (Phi) is 5.72. The van der Waals surface area contributed by atoms with Gasteiger partial charge in [-0.05, 0) is 56.0 Å². The summed E-state index contributed by atoms with van der Waals surface area (Å²) in [5, 5.41) is 3.24. The van der Waals surface area contributed by atoms with E-state index in [1.165, 1.54) is 12.1 Å². The highest BCUT2D eigenvalue weighted by atomic mass is 32.2. The molecule has 0 spiro atoms. The summed E-state index contributed by atoms with van der Waals surface area (Å²) in [6.07, 6.45) is 3.69. The van der Waals surface area contributed by atoms with Gasteiger partial charge in [0.05, 0.1) is 5.75 Å². The highest BCUT2D eigenvalue weighted by Gasteiger charge is 2.20. The van der Waals surface area contributed by atoms with Crippen LogP contribution in [0.1, 0.15) is 30.4 Å². The summed E-state index contributed by atoms with van der Waals surface area (Å²) in [5.41, 5.74) is 1.82. The van der Waals surface area contributed by atoms with Crippen molar-refractivity contribution in [3.63, 3.8) is 0 Å². The molecule has 0 amide bonds. The van der Waals surface area contributed by atoms with Gasteiger partial charge in [-0.3, -0.25) is 0 Å². The number of hydrogen-bond acceptors (Lipinski definition) is 3. The molecule has 1 atom stereocenters. The molecular formula is C15H23FN2O2S. The summed E-state index contributed by atoms with van der Waals surface area (Å²) >= 11 is 0. The maximum absolute atomic E-state index is 13.0. The monoisotopic (exact) mass is 314 g/mol. The van der Waals surface area contributed by atoms with Crippen LogP contribution in [0, 0.1) is 12.7 Å².